The van der Waals surface area contributed by atoms with Gasteiger partial charge in [-0.25, -0.2) is 4.79 Å². The maximum absolute atomic E-state index is 12.3. The van der Waals surface area contributed by atoms with Crippen LogP contribution in [0.3, 0.4) is 0 Å². The van der Waals surface area contributed by atoms with Gasteiger partial charge >= 0.3 is 6.03 Å². The van der Waals surface area contributed by atoms with E-state index in [1.54, 1.807) is 0 Å². The van der Waals surface area contributed by atoms with Gasteiger partial charge in [-0.05, 0) is 11.1 Å². The lowest BCUT2D eigenvalue weighted by Gasteiger charge is -2.23. The van der Waals surface area contributed by atoms with E-state index in [1.165, 1.54) is 0 Å². The monoisotopic (exact) mass is 326 g/mol. The van der Waals surface area contributed by atoms with Crippen LogP contribution in [-0.4, -0.2) is 36.5 Å². The summed E-state index contributed by atoms with van der Waals surface area (Å²) in [5, 5.41) is 16.0. The second kappa shape index (κ2) is 7.47. The summed E-state index contributed by atoms with van der Waals surface area (Å²) in [6, 6.07) is 19.1. The summed E-state index contributed by atoms with van der Waals surface area (Å²) in [5.74, 6) is 0. The fraction of sp³-hybridized carbons (Fsp3) is 0.316. The SMILES string of the molecule is O=C(NC[C@]1(O)CCOC1)NC(c1ccccc1)c1ccccc1. The van der Waals surface area contributed by atoms with Crippen LogP contribution in [0.4, 0.5) is 4.79 Å². The van der Waals surface area contributed by atoms with Gasteiger partial charge in [0.25, 0.3) is 0 Å². The molecular weight excluding hydrogens is 304 g/mol. The van der Waals surface area contributed by atoms with Crippen LogP contribution >= 0.6 is 0 Å². The molecule has 0 bridgehead atoms. The first-order chi connectivity index (χ1) is 11.7. The number of rotatable bonds is 5. The van der Waals surface area contributed by atoms with Gasteiger partial charge in [0.2, 0.25) is 0 Å². The average molecular weight is 326 g/mol. The third-order valence-corrected chi connectivity index (χ3v) is 4.20. The summed E-state index contributed by atoms with van der Waals surface area (Å²) in [6.45, 7) is 0.958. The molecule has 1 heterocycles. The van der Waals surface area contributed by atoms with Crippen LogP contribution < -0.4 is 10.6 Å². The quantitative estimate of drug-likeness (QED) is 0.789. The number of ether oxygens (including phenoxy) is 1. The first-order valence-corrected chi connectivity index (χ1v) is 8.11. The largest absolute Gasteiger partial charge is 0.386 e. The van der Waals surface area contributed by atoms with Crippen molar-refractivity contribution < 1.29 is 14.6 Å². The molecule has 0 unspecified atom stereocenters. The smallest absolute Gasteiger partial charge is 0.315 e. The molecule has 24 heavy (non-hydrogen) atoms. The van der Waals surface area contributed by atoms with Crippen molar-refractivity contribution in [3.63, 3.8) is 0 Å². The Morgan fingerprint density at radius 2 is 1.67 bits per heavy atom. The number of nitrogens with one attached hydrogen (secondary N) is 2. The van der Waals surface area contributed by atoms with Crippen molar-refractivity contribution in [3.05, 3.63) is 71.8 Å². The number of urea groups is 1. The minimum absolute atomic E-state index is 0.176. The minimum Gasteiger partial charge on any atom is -0.386 e. The van der Waals surface area contributed by atoms with Crippen LogP contribution in [0.2, 0.25) is 0 Å². The molecule has 5 nitrogen and oxygen atoms in total. The van der Waals surface area contributed by atoms with Gasteiger partial charge in [0.15, 0.2) is 0 Å². The molecule has 1 aliphatic rings. The van der Waals surface area contributed by atoms with E-state index in [1.807, 2.05) is 60.7 Å². The topological polar surface area (TPSA) is 70.6 Å². The van der Waals surface area contributed by atoms with Crippen LogP contribution in [0.1, 0.15) is 23.6 Å². The second-order valence-electron chi connectivity index (χ2n) is 6.11. The molecule has 1 fully saturated rings. The van der Waals surface area contributed by atoms with E-state index in [2.05, 4.69) is 10.6 Å². The minimum atomic E-state index is -0.966. The van der Waals surface area contributed by atoms with Crippen LogP contribution in [0.15, 0.2) is 60.7 Å². The predicted molar refractivity (Wildman–Crippen MR) is 91.6 cm³/mol. The van der Waals surface area contributed by atoms with E-state index in [4.69, 9.17) is 4.74 Å². The Bertz CT molecular complexity index is 615. The maximum Gasteiger partial charge on any atom is 0.315 e. The normalized spacial score (nSPS) is 20.1. The first kappa shape index (κ1) is 16.5. The summed E-state index contributed by atoms with van der Waals surface area (Å²) >= 11 is 0. The highest BCUT2D eigenvalue weighted by molar-refractivity contribution is 5.75. The first-order valence-electron chi connectivity index (χ1n) is 8.11. The zero-order valence-corrected chi connectivity index (χ0v) is 13.4. The Balaban J connectivity index is 1.69. The Morgan fingerprint density at radius 1 is 1.08 bits per heavy atom. The number of aliphatic hydroxyl groups is 1. The Labute approximate surface area is 141 Å². The molecule has 0 aromatic heterocycles. The lowest BCUT2D eigenvalue weighted by molar-refractivity contribution is 0.0291. The van der Waals surface area contributed by atoms with E-state index in [0.29, 0.717) is 13.0 Å². The standard InChI is InChI=1S/C19H22N2O3/c22-18(20-13-19(23)11-12-24-14-19)21-17(15-7-3-1-4-8-15)16-9-5-2-6-10-16/h1-10,17,23H,11-14H2,(H2,20,21,22)/t19-/m1/s1. The predicted octanol–water partition coefficient (Wildman–Crippen LogP) is 2.23. The van der Waals surface area contributed by atoms with Gasteiger partial charge in [-0.1, -0.05) is 60.7 Å². The van der Waals surface area contributed by atoms with E-state index < -0.39 is 5.60 Å². The molecule has 1 saturated heterocycles. The van der Waals surface area contributed by atoms with Crippen molar-refractivity contribution in [1.82, 2.24) is 10.6 Å². The van der Waals surface area contributed by atoms with E-state index in [0.717, 1.165) is 11.1 Å². The summed E-state index contributed by atoms with van der Waals surface area (Å²) < 4.78 is 5.19. The van der Waals surface area contributed by atoms with Crippen molar-refractivity contribution in [2.24, 2.45) is 0 Å². The van der Waals surface area contributed by atoms with Gasteiger partial charge in [-0.3, -0.25) is 0 Å². The van der Waals surface area contributed by atoms with E-state index >= 15 is 0 Å². The molecule has 0 radical (unpaired) electrons. The number of hydrogen-bond acceptors (Lipinski definition) is 3. The Hall–Kier alpha value is -2.37. The molecule has 2 aromatic carbocycles. The molecule has 2 amide bonds. The Kier molecular flexibility index (Phi) is 5.13. The molecule has 0 aliphatic carbocycles. The van der Waals surface area contributed by atoms with Crippen LogP contribution in [0.5, 0.6) is 0 Å². The van der Waals surface area contributed by atoms with Crippen molar-refractivity contribution >= 4 is 6.03 Å². The molecule has 126 valence electrons. The average Bonchev–Trinajstić information content (AvgIpc) is 3.06. The van der Waals surface area contributed by atoms with Crippen molar-refractivity contribution in [3.8, 4) is 0 Å². The number of carbonyl (C=O) groups excluding carboxylic acids is 1. The number of carbonyl (C=O) groups is 1. The van der Waals surface area contributed by atoms with Crippen molar-refractivity contribution in [1.29, 1.82) is 0 Å². The zero-order chi connectivity index (χ0) is 16.8. The zero-order valence-electron chi connectivity index (χ0n) is 13.4. The van der Waals surface area contributed by atoms with Gasteiger partial charge < -0.3 is 20.5 Å². The molecule has 3 rings (SSSR count). The fourth-order valence-electron chi connectivity index (χ4n) is 2.81. The Morgan fingerprint density at radius 3 is 2.17 bits per heavy atom. The molecule has 3 N–H and O–H groups in total. The van der Waals surface area contributed by atoms with Gasteiger partial charge in [0.1, 0.15) is 5.60 Å². The highest BCUT2D eigenvalue weighted by atomic mass is 16.5. The van der Waals surface area contributed by atoms with E-state index in [9.17, 15) is 9.90 Å². The number of amides is 2. The molecule has 5 heteroatoms. The molecule has 1 atom stereocenters. The molecule has 0 saturated carbocycles. The number of hydrogen-bond donors (Lipinski definition) is 3. The highest BCUT2D eigenvalue weighted by Crippen LogP contribution is 2.22. The molecule has 1 aliphatic heterocycles. The summed E-state index contributed by atoms with van der Waals surface area (Å²) in [5.41, 5.74) is 1.04. The van der Waals surface area contributed by atoms with Gasteiger partial charge in [0.05, 0.1) is 19.2 Å². The molecule has 0 spiro atoms. The molecular formula is C19H22N2O3. The van der Waals surface area contributed by atoms with Gasteiger partial charge in [-0.15, -0.1) is 0 Å². The maximum atomic E-state index is 12.3. The van der Waals surface area contributed by atoms with Crippen molar-refractivity contribution in [2.45, 2.75) is 18.1 Å². The van der Waals surface area contributed by atoms with Crippen LogP contribution in [0.25, 0.3) is 0 Å². The summed E-state index contributed by atoms with van der Waals surface area (Å²) in [4.78, 5) is 12.3. The van der Waals surface area contributed by atoms with Gasteiger partial charge in [0, 0.05) is 13.0 Å². The van der Waals surface area contributed by atoms with Gasteiger partial charge in [-0.2, -0.15) is 0 Å². The lowest BCUT2D eigenvalue weighted by atomic mass is 9.99. The summed E-state index contributed by atoms with van der Waals surface area (Å²) in [6.07, 6.45) is 0.536. The lowest BCUT2D eigenvalue weighted by Crippen LogP contribution is -2.47. The highest BCUT2D eigenvalue weighted by Gasteiger charge is 2.32. The van der Waals surface area contributed by atoms with Crippen molar-refractivity contribution in [2.75, 3.05) is 19.8 Å². The fourth-order valence-corrected chi connectivity index (χ4v) is 2.81. The van der Waals surface area contributed by atoms with E-state index in [-0.39, 0.29) is 25.2 Å². The van der Waals surface area contributed by atoms with Crippen LogP contribution in [-0.2, 0) is 4.74 Å². The third kappa shape index (κ3) is 4.13. The third-order valence-electron chi connectivity index (χ3n) is 4.20. The molecule has 2 aromatic rings. The summed E-state index contributed by atoms with van der Waals surface area (Å²) in [7, 11) is 0. The second-order valence-corrected chi connectivity index (χ2v) is 6.11. The number of benzene rings is 2. The van der Waals surface area contributed by atoms with Crippen LogP contribution in [0, 0.1) is 0 Å².